The van der Waals surface area contributed by atoms with E-state index in [4.69, 9.17) is 4.74 Å². The Morgan fingerprint density at radius 1 is 1.14 bits per heavy atom. The molecule has 1 heterocycles. The van der Waals surface area contributed by atoms with E-state index in [2.05, 4.69) is 6.07 Å². The van der Waals surface area contributed by atoms with Crippen LogP contribution in [0, 0.1) is 58.2 Å². The minimum Gasteiger partial charge on any atom is -0.374 e. The first-order valence-electron chi connectivity index (χ1n) is 5.96. The molecule has 0 aromatic carbocycles. The first-order chi connectivity index (χ1) is 6.89. The van der Waals surface area contributed by atoms with Crippen LogP contribution in [0.5, 0.6) is 0 Å². The van der Waals surface area contributed by atoms with E-state index in [0.29, 0.717) is 12.2 Å². The molecule has 0 unspecified atom stereocenters. The predicted octanol–water partition coefficient (Wildman–Crippen LogP) is 1.04. The SMILES string of the molecule is N#C[C@]12[C@@H]3[C@@H]4C[C@@H]5O[C@@H]6[C@@H]4[C@@H]1[C@@H]2[C@@H]6[C@@H]35. The molecular formula is C12H11NO. The van der Waals surface area contributed by atoms with Gasteiger partial charge in [-0.25, -0.2) is 0 Å². The highest BCUT2D eigenvalue weighted by Crippen LogP contribution is 2.94. The van der Waals surface area contributed by atoms with E-state index in [-0.39, 0.29) is 5.41 Å². The van der Waals surface area contributed by atoms with Gasteiger partial charge in [-0.2, -0.15) is 5.26 Å². The third-order valence-electron chi connectivity index (χ3n) is 6.79. The zero-order valence-electron chi connectivity index (χ0n) is 7.76. The maximum absolute atomic E-state index is 9.46. The van der Waals surface area contributed by atoms with Crippen LogP contribution in [0.2, 0.25) is 0 Å². The largest absolute Gasteiger partial charge is 0.374 e. The van der Waals surface area contributed by atoms with Crippen LogP contribution in [0.4, 0.5) is 0 Å². The lowest BCUT2D eigenvalue weighted by molar-refractivity contribution is -0.0448. The predicted molar refractivity (Wildman–Crippen MR) is 45.8 cm³/mol. The topological polar surface area (TPSA) is 33.0 Å². The molecule has 6 aliphatic rings. The fraction of sp³-hybridized carbons (Fsp3) is 0.917. The summed E-state index contributed by atoms with van der Waals surface area (Å²) in [5.41, 5.74) is 0.194. The highest BCUT2D eigenvalue weighted by atomic mass is 16.5. The Kier molecular flexibility index (Phi) is 0.568. The van der Waals surface area contributed by atoms with Gasteiger partial charge in [-0.15, -0.1) is 0 Å². The summed E-state index contributed by atoms with van der Waals surface area (Å²) in [5, 5.41) is 9.46. The van der Waals surface area contributed by atoms with E-state index in [9.17, 15) is 5.26 Å². The molecule has 6 fully saturated rings. The summed E-state index contributed by atoms with van der Waals surface area (Å²) in [7, 11) is 0. The fourth-order valence-electron chi connectivity index (χ4n) is 7.06. The van der Waals surface area contributed by atoms with Crippen LogP contribution in [0.1, 0.15) is 6.42 Å². The van der Waals surface area contributed by atoms with Gasteiger partial charge >= 0.3 is 0 Å². The van der Waals surface area contributed by atoms with Crippen molar-refractivity contribution < 1.29 is 4.74 Å². The summed E-state index contributed by atoms with van der Waals surface area (Å²) in [6.07, 6.45) is 2.49. The molecule has 2 nitrogen and oxygen atoms in total. The molecule has 5 saturated carbocycles. The second-order valence-corrected chi connectivity index (χ2v) is 6.39. The molecule has 0 amide bonds. The molecule has 0 aromatic rings. The van der Waals surface area contributed by atoms with Crippen LogP contribution in [-0.4, -0.2) is 12.2 Å². The van der Waals surface area contributed by atoms with Gasteiger partial charge in [0.05, 0.1) is 23.7 Å². The van der Waals surface area contributed by atoms with Gasteiger partial charge in [0.2, 0.25) is 0 Å². The van der Waals surface area contributed by atoms with Gasteiger partial charge < -0.3 is 4.74 Å². The number of hydrogen-bond acceptors (Lipinski definition) is 2. The molecule has 10 atom stereocenters. The first-order valence-corrected chi connectivity index (χ1v) is 5.96. The quantitative estimate of drug-likeness (QED) is 0.565. The highest BCUT2D eigenvalue weighted by molar-refractivity contribution is 5.46. The number of nitriles is 1. The summed E-state index contributed by atoms with van der Waals surface area (Å²) >= 11 is 0. The van der Waals surface area contributed by atoms with Crippen LogP contribution >= 0.6 is 0 Å². The molecule has 6 rings (SSSR count). The van der Waals surface area contributed by atoms with Crippen LogP contribution in [-0.2, 0) is 4.74 Å². The summed E-state index contributed by atoms with van der Waals surface area (Å²) in [6, 6.07) is 2.72. The average Bonchev–Trinajstić information content (AvgIpc) is 2.54. The average molecular weight is 185 g/mol. The summed E-state index contributed by atoms with van der Waals surface area (Å²) < 4.78 is 6.14. The Labute approximate surface area is 82.2 Å². The van der Waals surface area contributed by atoms with Crippen molar-refractivity contribution in [3.8, 4) is 6.07 Å². The van der Waals surface area contributed by atoms with E-state index in [0.717, 1.165) is 41.4 Å². The molecule has 1 aliphatic heterocycles. The fourth-order valence-corrected chi connectivity index (χ4v) is 7.06. The minimum atomic E-state index is 0.194. The van der Waals surface area contributed by atoms with Crippen molar-refractivity contribution in [3.63, 3.8) is 0 Å². The minimum absolute atomic E-state index is 0.194. The summed E-state index contributed by atoms with van der Waals surface area (Å²) in [6.45, 7) is 0. The summed E-state index contributed by atoms with van der Waals surface area (Å²) in [5.74, 6) is 5.74. The van der Waals surface area contributed by atoms with E-state index in [1.807, 2.05) is 0 Å². The van der Waals surface area contributed by atoms with Gasteiger partial charge in [-0.3, -0.25) is 0 Å². The van der Waals surface area contributed by atoms with Crippen molar-refractivity contribution in [2.75, 3.05) is 0 Å². The zero-order chi connectivity index (χ0) is 8.82. The van der Waals surface area contributed by atoms with Crippen molar-refractivity contribution in [2.24, 2.45) is 46.8 Å². The van der Waals surface area contributed by atoms with Crippen molar-refractivity contribution in [3.05, 3.63) is 0 Å². The third-order valence-corrected chi connectivity index (χ3v) is 6.79. The molecule has 70 valence electrons. The summed E-state index contributed by atoms with van der Waals surface area (Å²) in [4.78, 5) is 0. The number of hydrogen-bond donors (Lipinski definition) is 0. The van der Waals surface area contributed by atoms with Crippen LogP contribution in [0.3, 0.4) is 0 Å². The van der Waals surface area contributed by atoms with Crippen LogP contribution in [0.15, 0.2) is 0 Å². The normalized spacial score (nSPS) is 86.9. The lowest BCUT2D eigenvalue weighted by Gasteiger charge is -2.31. The maximum atomic E-state index is 9.46. The molecule has 0 radical (unpaired) electrons. The zero-order valence-corrected chi connectivity index (χ0v) is 7.76. The molecule has 5 aliphatic carbocycles. The van der Waals surface area contributed by atoms with Gasteiger partial charge in [0.1, 0.15) is 0 Å². The Hall–Kier alpha value is -0.550. The van der Waals surface area contributed by atoms with Crippen molar-refractivity contribution in [2.45, 2.75) is 18.6 Å². The molecule has 14 heavy (non-hydrogen) atoms. The number of nitrogens with zero attached hydrogens (tertiary/aromatic N) is 1. The van der Waals surface area contributed by atoms with E-state index < -0.39 is 0 Å². The first kappa shape index (κ1) is 6.12. The van der Waals surface area contributed by atoms with Crippen LogP contribution < -0.4 is 0 Å². The third kappa shape index (κ3) is 0.283. The van der Waals surface area contributed by atoms with E-state index in [1.54, 1.807) is 0 Å². The van der Waals surface area contributed by atoms with Gasteiger partial charge in [0.25, 0.3) is 0 Å². The Morgan fingerprint density at radius 3 is 2.86 bits per heavy atom. The molecular weight excluding hydrogens is 174 g/mol. The monoisotopic (exact) mass is 185 g/mol. The molecule has 0 aromatic heterocycles. The maximum Gasteiger partial charge on any atom is 0.0699 e. The van der Waals surface area contributed by atoms with Crippen molar-refractivity contribution in [1.29, 1.82) is 5.26 Å². The smallest absolute Gasteiger partial charge is 0.0699 e. The molecule has 0 spiro atoms. The number of rotatable bonds is 0. The molecule has 0 N–H and O–H groups in total. The Bertz CT molecular complexity index is 426. The van der Waals surface area contributed by atoms with Gasteiger partial charge in [-0.05, 0) is 47.8 Å². The molecule has 2 heteroatoms. The standard InChI is InChI=1S/C12H11NO/c13-2-12-8-3-1-4-6(8)7-10(12)9(12)5(3)11(7)14-4/h3-11H,1H2/t3-,4+,5+,6+,7+,8-,9-,10+,11-,12+/m1/s1. The lowest BCUT2D eigenvalue weighted by Crippen LogP contribution is -2.33. The van der Waals surface area contributed by atoms with Gasteiger partial charge in [0, 0.05) is 0 Å². The second kappa shape index (κ2) is 1.30. The van der Waals surface area contributed by atoms with Crippen molar-refractivity contribution >= 4 is 0 Å². The van der Waals surface area contributed by atoms with Gasteiger partial charge in [-0.1, -0.05) is 0 Å². The number of fused-ring (bicyclic) bond motifs is 2. The van der Waals surface area contributed by atoms with E-state index in [1.165, 1.54) is 6.42 Å². The van der Waals surface area contributed by atoms with E-state index >= 15 is 0 Å². The van der Waals surface area contributed by atoms with Gasteiger partial charge in [0.15, 0.2) is 0 Å². The Balaban J connectivity index is 1.76. The highest BCUT2D eigenvalue weighted by Gasteiger charge is 2.96. The van der Waals surface area contributed by atoms with Crippen LogP contribution in [0.25, 0.3) is 0 Å². The Morgan fingerprint density at radius 2 is 2.00 bits per heavy atom. The second-order valence-electron chi connectivity index (χ2n) is 6.39. The molecule has 1 saturated heterocycles. The lowest BCUT2D eigenvalue weighted by atomic mass is 9.76. The number of ether oxygens (including phenoxy) is 1. The van der Waals surface area contributed by atoms with Crippen molar-refractivity contribution in [1.82, 2.24) is 0 Å². The molecule has 0 bridgehead atoms.